The number of pyridine rings is 1. The molecule has 0 radical (unpaired) electrons. The average Bonchev–Trinajstić information content (AvgIpc) is 2.43. The highest BCUT2D eigenvalue weighted by Gasteiger charge is 2.19. The van der Waals surface area contributed by atoms with Crippen LogP contribution in [0.15, 0.2) is 30.5 Å². The van der Waals surface area contributed by atoms with E-state index < -0.39 is 4.92 Å². The Labute approximate surface area is 129 Å². The van der Waals surface area contributed by atoms with Gasteiger partial charge in [-0.2, -0.15) is 0 Å². The third kappa shape index (κ3) is 3.30. The lowest BCUT2D eigenvalue weighted by atomic mass is 10.3. The first-order valence-corrected chi connectivity index (χ1v) is 6.62. The van der Waals surface area contributed by atoms with Gasteiger partial charge in [0.1, 0.15) is 0 Å². The summed E-state index contributed by atoms with van der Waals surface area (Å²) < 4.78 is 5.37. The number of alkyl halides is 1. The van der Waals surface area contributed by atoms with Crippen molar-refractivity contribution in [2.75, 3.05) is 0 Å². The highest BCUT2D eigenvalue weighted by Crippen LogP contribution is 2.37. The first kappa shape index (κ1) is 14.8. The van der Waals surface area contributed by atoms with E-state index in [0.717, 1.165) is 11.6 Å². The lowest BCUT2D eigenvalue weighted by Crippen LogP contribution is -1.95. The molecule has 0 amide bonds. The van der Waals surface area contributed by atoms with Crippen molar-refractivity contribution < 1.29 is 9.66 Å². The Hall–Kier alpha value is -1.56. The molecule has 20 heavy (non-hydrogen) atoms. The van der Waals surface area contributed by atoms with Crippen molar-refractivity contribution >= 4 is 40.5 Å². The van der Waals surface area contributed by atoms with E-state index in [2.05, 4.69) is 4.98 Å². The third-order valence-electron chi connectivity index (χ3n) is 2.36. The summed E-state index contributed by atoms with van der Waals surface area (Å²) in [6, 6.07) is 5.67. The molecule has 0 N–H and O–H groups in total. The summed E-state index contributed by atoms with van der Waals surface area (Å²) in [6.45, 7) is 0. The highest BCUT2D eigenvalue weighted by atomic mass is 35.5. The molecule has 2 rings (SSSR count). The fourth-order valence-corrected chi connectivity index (χ4v) is 1.88. The smallest absolute Gasteiger partial charge is 0.313 e. The van der Waals surface area contributed by atoms with Crippen LogP contribution in [0.3, 0.4) is 0 Å². The van der Waals surface area contributed by atoms with Gasteiger partial charge in [0.2, 0.25) is 11.6 Å². The summed E-state index contributed by atoms with van der Waals surface area (Å²) in [5, 5.41) is 11.2. The van der Waals surface area contributed by atoms with Crippen molar-refractivity contribution in [1.82, 2.24) is 4.98 Å². The van der Waals surface area contributed by atoms with Crippen LogP contribution in [0.5, 0.6) is 11.6 Å². The first-order chi connectivity index (χ1) is 9.51. The second-order valence-electron chi connectivity index (χ2n) is 3.73. The normalized spacial score (nSPS) is 10.3. The molecule has 1 aromatic heterocycles. The molecule has 0 fully saturated rings. The summed E-state index contributed by atoms with van der Waals surface area (Å²) in [7, 11) is 0. The number of nitro groups is 1. The number of hydrogen-bond acceptors (Lipinski definition) is 4. The van der Waals surface area contributed by atoms with Crippen molar-refractivity contribution in [2.45, 2.75) is 5.88 Å². The molecule has 0 aliphatic carbocycles. The second-order valence-corrected chi connectivity index (χ2v) is 4.81. The van der Waals surface area contributed by atoms with Crippen LogP contribution >= 0.6 is 34.8 Å². The molecule has 2 aromatic rings. The van der Waals surface area contributed by atoms with Gasteiger partial charge in [0, 0.05) is 30.3 Å². The van der Waals surface area contributed by atoms with Crippen LogP contribution in [0.2, 0.25) is 10.0 Å². The Kier molecular flexibility index (Phi) is 4.65. The number of nitrogens with zero attached hydrogens (tertiary/aromatic N) is 2. The van der Waals surface area contributed by atoms with Crippen LogP contribution in [0.25, 0.3) is 0 Å². The maximum Gasteiger partial charge on any atom is 0.313 e. The summed E-state index contributed by atoms with van der Waals surface area (Å²) >= 11 is 17.2. The number of aromatic nitrogens is 1. The zero-order valence-corrected chi connectivity index (χ0v) is 12.1. The number of hydrogen-bond donors (Lipinski definition) is 0. The van der Waals surface area contributed by atoms with Crippen LogP contribution in [0, 0.1) is 10.1 Å². The number of rotatable bonds is 4. The molecule has 0 spiro atoms. The summed E-state index contributed by atoms with van der Waals surface area (Å²) in [6.07, 6.45) is 1.52. The van der Waals surface area contributed by atoms with E-state index in [9.17, 15) is 10.1 Å². The van der Waals surface area contributed by atoms with Crippen LogP contribution < -0.4 is 4.74 Å². The van der Waals surface area contributed by atoms with Crippen LogP contribution in [-0.2, 0) is 5.88 Å². The van der Waals surface area contributed by atoms with Gasteiger partial charge in [-0.3, -0.25) is 10.1 Å². The fourth-order valence-electron chi connectivity index (χ4n) is 1.41. The minimum absolute atomic E-state index is 0.0319. The van der Waals surface area contributed by atoms with Crippen LogP contribution in [0.1, 0.15) is 5.56 Å². The molecule has 1 aromatic carbocycles. The lowest BCUT2D eigenvalue weighted by molar-refractivity contribution is -0.385. The maximum atomic E-state index is 11.0. The molecule has 5 nitrogen and oxygen atoms in total. The summed E-state index contributed by atoms with van der Waals surface area (Å²) in [5.41, 5.74) is 0.519. The Morgan fingerprint density at radius 1 is 1.25 bits per heavy atom. The number of ether oxygens (including phenoxy) is 1. The van der Waals surface area contributed by atoms with Crippen molar-refractivity contribution in [1.29, 1.82) is 0 Å². The molecule has 1 heterocycles. The van der Waals surface area contributed by atoms with E-state index >= 15 is 0 Å². The standard InChI is InChI=1S/C12H7Cl3N2O3/c13-5-7-1-2-12(16-6-7)20-11-4-9(15)8(14)3-10(11)17(18)19/h1-4,6H,5H2. The molecule has 0 aliphatic heterocycles. The van der Waals surface area contributed by atoms with Gasteiger partial charge in [0.25, 0.3) is 0 Å². The largest absolute Gasteiger partial charge is 0.432 e. The Morgan fingerprint density at radius 2 is 1.95 bits per heavy atom. The van der Waals surface area contributed by atoms with Crippen molar-refractivity contribution in [3.05, 3.63) is 56.2 Å². The molecule has 104 valence electrons. The van der Waals surface area contributed by atoms with E-state index in [0.29, 0.717) is 5.88 Å². The van der Waals surface area contributed by atoms with Gasteiger partial charge >= 0.3 is 5.69 Å². The Balaban J connectivity index is 2.36. The van der Waals surface area contributed by atoms with Gasteiger partial charge in [-0.15, -0.1) is 11.6 Å². The zero-order chi connectivity index (χ0) is 14.7. The Bertz CT molecular complexity index is 647. The minimum atomic E-state index is -0.606. The summed E-state index contributed by atoms with van der Waals surface area (Å²) in [5.74, 6) is 0.482. The predicted octanol–water partition coefficient (Wildman–Crippen LogP) is 4.83. The maximum absolute atomic E-state index is 11.0. The zero-order valence-electron chi connectivity index (χ0n) is 9.85. The van der Waals surface area contributed by atoms with Crippen molar-refractivity contribution in [3.63, 3.8) is 0 Å². The summed E-state index contributed by atoms with van der Waals surface area (Å²) in [4.78, 5) is 14.3. The van der Waals surface area contributed by atoms with Gasteiger partial charge in [-0.1, -0.05) is 29.3 Å². The fraction of sp³-hybridized carbons (Fsp3) is 0.0833. The Morgan fingerprint density at radius 3 is 2.50 bits per heavy atom. The quantitative estimate of drug-likeness (QED) is 0.457. The SMILES string of the molecule is O=[N+]([O-])c1cc(Cl)c(Cl)cc1Oc1ccc(CCl)cn1. The molecule has 0 atom stereocenters. The topological polar surface area (TPSA) is 65.3 Å². The average molecular weight is 334 g/mol. The molecule has 0 unspecified atom stereocenters. The molecule has 0 saturated carbocycles. The van der Waals surface area contributed by atoms with Gasteiger partial charge in [0.15, 0.2) is 0 Å². The van der Waals surface area contributed by atoms with E-state index in [1.165, 1.54) is 12.3 Å². The van der Waals surface area contributed by atoms with Crippen LogP contribution in [-0.4, -0.2) is 9.91 Å². The predicted molar refractivity (Wildman–Crippen MR) is 77.0 cm³/mol. The molecule has 8 heteroatoms. The van der Waals surface area contributed by atoms with Gasteiger partial charge in [-0.25, -0.2) is 4.98 Å². The molecular formula is C12H7Cl3N2O3. The second kappa shape index (κ2) is 6.26. The number of benzene rings is 1. The van der Waals surface area contributed by atoms with E-state index in [1.54, 1.807) is 12.1 Å². The van der Waals surface area contributed by atoms with Crippen molar-refractivity contribution in [3.8, 4) is 11.6 Å². The monoisotopic (exact) mass is 332 g/mol. The number of halogens is 3. The molecule has 0 bridgehead atoms. The van der Waals surface area contributed by atoms with Crippen molar-refractivity contribution in [2.24, 2.45) is 0 Å². The highest BCUT2D eigenvalue weighted by molar-refractivity contribution is 6.42. The first-order valence-electron chi connectivity index (χ1n) is 5.33. The van der Waals surface area contributed by atoms with E-state index in [1.807, 2.05) is 0 Å². The van der Waals surface area contributed by atoms with Crippen LogP contribution in [0.4, 0.5) is 5.69 Å². The third-order valence-corrected chi connectivity index (χ3v) is 3.40. The van der Waals surface area contributed by atoms with Gasteiger partial charge < -0.3 is 4.74 Å². The van der Waals surface area contributed by atoms with Gasteiger partial charge in [0.05, 0.1) is 15.0 Å². The van der Waals surface area contributed by atoms with Gasteiger partial charge in [-0.05, 0) is 5.56 Å². The number of nitro benzene ring substituents is 1. The van der Waals surface area contributed by atoms with E-state index in [-0.39, 0.29) is 27.4 Å². The minimum Gasteiger partial charge on any atom is -0.432 e. The molecular weight excluding hydrogens is 327 g/mol. The molecule has 0 aliphatic rings. The lowest BCUT2D eigenvalue weighted by Gasteiger charge is -2.07. The van der Waals surface area contributed by atoms with E-state index in [4.69, 9.17) is 39.5 Å². The molecule has 0 saturated heterocycles.